The van der Waals surface area contributed by atoms with E-state index in [0.29, 0.717) is 0 Å². The molecular formula is C12H12F4N6O3S. The number of carbonyl (C=O) groups is 2. The average Bonchev–Trinajstić information content (AvgIpc) is 3.10. The number of hydrogen-bond acceptors (Lipinski definition) is 5. The van der Waals surface area contributed by atoms with E-state index in [9.17, 15) is 31.7 Å². The Kier molecular flexibility index (Phi) is 5.86. The predicted octanol–water partition coefficient (Wildman–Crippen LogP) is 0.767. The van der Waals surface area contributed by atoms with Crippen molar-refractivity contribution in [2.24, 2.45) is 14.1 Å². The summed E-state index contributed by atoms with van der Waals surface area (Å²) in [4.78, 5) is 23.8. The Hall–Kier alpha value is -2.61. The van der Waals surface area contributed by atoms with Gasteiger partial charge in [-0.15, -0.1) is 9.44 Å². The Labute approximate surface area is 146 Å². The molecule has 2 aromatic heterocycles. The quantitative estimate of drug-likeness (QED) is 0.553. The third kappa shape index (κ3) is 4.32. The minimum atomic E-state index is -3.05. The Balaban J connectivity index is 2.08. The maximum absolute atomic E-state index is 12.8. The molecule has 0 spiro atoms. The smallest absolute Gasteiger partial charge is 0.297 e. The fourth-order valence-corrected chi connectivity index (χ4v) is 2.60. The third-order valence-corrected chi connectivity index (χ3v) is 3.73. The number of hydrogen-bond donors (Lipinski definition) is 2. The van der Waals surface area contributed by atoms with Crippen molar-refractivity contribution < 1.29 is 31.7 Å². The van der Waals surface area contributed by atoms with Gasteiger partial charge in [0.15, 0.2) is 11.5 Å². The number of nitrogens with zero attached hydrogens (tertiary/aromatic N) is 4. The summed E-state index contributed by atoms with van der Waals surface area (Å²) < 4.78 is 68.5. The van der Waals surface area contributed by atoms with Gasteiger partial charge in [0.2, 0.25) is 0 Å². The highest BCUT2D eigenvalue weighted by Crippen LogP contribution is 2.22. The van der Waals surface area contributed by atoms with E-state index in [1.807, 2.05) is 0 Å². The van der Waals surface area contributed by atoms with Crippen molar-refractivity contribution in [3.8, 4) is 0 Å². The molecule has 0 saturated heterocycles. The topological polar surface area (TPSA) is 117 Å². The van der Waals surface area contributed by atoms with Crippen molar-refractivity contribution in [2.75, 3.05) is 0 Å². The van der Waals surface area contributed by atoms with Gasteiger partial charge in [-0.3, -0.25) is 19.0 Å². The van der Waals surface area contributed by atoms with Gasteiger partial charge < -0.3 is 4.55 Å². The van der Waals surface area contributed by atoms with E-state index in [1.165, 1.54) is 14.1 Å². The summed E-state index contributed by atoms with van der Waals surface area (Å²) in [6, 6.07) is 0. The zero-order valence-corrected chi connectivity index (χ0v) is 14.1. The van der Waals surface area contributed by atoms with Crippen LogP contribution in [0, 0.1) is 0 Å². The van der Waals surface area contributed by atoms with Crippen molar-refractivity contribution in [1.29, 1.82) is 0 Å². The molecule has 0 aliphatic heterocycles. The molecule has 0 bridgehead atoms. The Morgan fingerprint density at radius 2 is 1.31 bits per heavy atom. The van der Waals surface area contributed by atoms with Gasteiger partial charge in [0, 0.05) is 26.5 Å². The lowest BCUT2D eigenvalue weighted by Crippen LogP contribution is -2.43. The number of rotatable bonds is 6. The molecule has 0 aliphatic rings. The molecule has 0 fully saturated rings. The SMILES string of the molecule is Cn1cc(C(=O)N[S+]([O-])NC(=O)c2cn(C)nc2C(F)F)c(C(F)F)n1. The van der Waals surface area contributed by atoms with Gasteiger partial charge in [-0.1, -0.05) is 0 Å². The van der Waals surface area contributed by atoms with Crippen LogP contribution in [0.5, 0.6) is 0 Å². The minimum Gasteiger partial charge on any atom is -0.568 e. The molecule has 0 aliphatic carbocycles. The van der Waals surface area contributed by atoms with Crippen LogP contribution in [-0.4, -0.2) is 35.9 Å². The highest BCUT2D eigenvalue weighted by molar-refractivity contribution is 7.88. The summed E-state index contributed by atoms with van der Waals surface area (Å²) in [5.74, 6) is -2.38. The summed E-state index contributed by atoms with van der Waals surface area (Å²) in [6.07, 6.45) is -4.15. The van der Waals surface area contributed by atoms with Crippen LogP contribution < -0.4 is 9.44 Å². The van der Waals surface area contributed by atoms with Crippen LogP contribution in [0.1, 0.15) is 45.0 Å². The van der Waals surface area contributed by atoms with Gasteiger partial charge in [-0.25, -0.2) is 17.6 Å². The van der Waals surface area contributed by atoms with Crippen LogP contribution in [0.25, 0.3) is 0 Å². The molecule has 2 N–H and O–H groups in total. The van der Waals surface area contributed by atoms with Crippen molar-refractivity contribution in [3.05, 3.63) is 34.9 Å². The third-order valence-electron chi connectivity index (χ3n) is 2.99. The van der Waals surface area contributed by atoms with Crippen molar-refractivity contribution in [3.63, 3.8) is 0 Å². The lowest BCUT2D eigenvalue weighted by molar-refractivity contribution is 0.0958. The van der Waals surface area contributed by atoms with E-state index in [4.69, 9.17) is 0 Å². The number of amides is 2. The Morgan fingerprint density at radius 1 is 0.962 bits per heavy atom. The Bertz CT molecular complexity index is 758. The first-order valence-electron chi connectivity index (χ1n) is 6.77. The highest BCUT2D eigenvalue weighted by Gasteiger charge is 2.29. The van der Waals surface area contributed by atoms with Crippen molar-refractivity contribution in [1.82, 2.24) is 29.0 Å². The van der Waals surface area contributed by atoms with Gasteiger partial charge in [0.25, 0.3) is 24.7 Å². The van der Waals surface area contributed by atoms with E-state index in [0.717, 1.165) is 21.8 Å². The largest absolute Gasteiger partial charge is 0.568 e. The van der Waals surface area contributed by atoms with Crippen molar-refractivity contribution in [2.45, 2.75) is 12.9 Å². The van der Waals surface area contributed by atoms with E-state index in [-0.39, 0.29) is 0 Å². The predicted molar refractivity (Wildman–Crippen MR) is 79.4 cm³/mol. The van der Waals surface area contributed by atoms with Gasteiger partial charge in [0.1, 0.15) is 11.4 Å². The lowest BCUT2D eigenvalue weighted by atomic mass is 10.2. The number of halogens is 4. The number of aromatic nitrogens is 4. The lowest BCUT2D eigenvalue weighted by Gasteiger charge is -2.10. The van der Waals surface area contributed by atoms with Crippen LogP contribution in [0.3, 0.4) is 0 Å². The first-order valence-corrected chi connectivity index (χ1v) is 7.92. The second kappa shape index (κ2) is 7.74. The summed E-state index contributed by atoms with van der Waals surface area (Å²) in [7, 11) is 2.60. The molecule has 9 nitrogen and oxygen atoms in total. The van der Waals surface area contributed by atoms with Gasteiger partial charge in [-0.2, -0.15) is 10.2 Å². The van der Waals surface area contributed by atoms with Gasteiger partial charge >= 0.3 is 0 Å². The maximum Gasteiger partial charge on any atom is 0.297 e. The van der Waals surface area contributed by atoms with E-state index < -0.39 is 58.7 Å². The first-order chi connectivity index (χ1) is 12.1. The molecule has 0 unspecified atom stereocenters. The van der Waals surface area contributed by atoms with E-state index in [1.54, 1.807) is 9.44 Å². The number of carbonyl (C=O) groups excluding carboxylic acids is 2. The second-order valence-corrected chi connectivity index (χ2v) is 5.88. The average molecular weight is 396 g/mol. The maximum atomic E-state index is 12.8. The van der Waals surface area contributed by atoms with E-state index in [2.05, 4.69) is 10.2 Å². The normalized spacial score (nSPS) is 11.5. The number of alkyl halides is 4. The minimum absolute atomic E-state index is 0.542. The summed E-state index contributed by atoms with van der Waals surface area (Å²) in [6.45, 7) is 0. The van der Waals surface area contributed by atoms with Crippen LogP contribution >= 0.6 is 0 Å². The molecule has 2 rings (SSSR count). The van der Waals surface area contributed by atoms with Gasteiger partial charge in [-0.05, 0) is 0 Å². The molecule has 0 saturated carbocycles. The monoisotopic (exact) mass is 396 g/mol. The molecule has 2 amide bonds. The zero-order chi connectivity index (χ0) is 19.6. The molecule has 2 heterocycles. The molecule has 26 heavy (non-hydrogen) atoms. The second-order valence-electron chi connectivity index (χ2n) is 4.94. The standard InChI is InChI=1S/C12H12F4N6O3S/c1-21-3-5(7(17-21)9(13)14)11(23)19-26(25)20-12(24)6-4-22(2)18-8(6)10(15)16/h3-4,9-10H,1-2H3,(H,19,23)(H,20,24). The van der Waals surface area contributed by atoms with Crippen LogP contribution in [0.2, 0.25) is 0 Å². The van der Waals surface area contributed by atoms with Crippen molar-refractivity contribution >= 4 is 23.4 Å². The molecule has 0 atom stereocenters. The molecule has 14 heteroatoms. The number of aryl methyl sites for hydroxylation is 2. The Morgan fingerprint density at radius 3 is 1.62 bits per heavy atom. The summed E-state index contributed by atoms with van der Waals surface area (Å²) in [5, 5.41) is 6.81. The summed E-state index contributed by atoms with van der Waals surface area (Å²) >= 11 is -2.57. The highest BCUT2D eigenvalue weighted by atomic mass is 32.2. The zero-order valence-electron chi connectivity index (χ0n) is 13.2. The fourth-order valence-electron chi connectivity index (χ4n) is 1.99. The molecule has 0 radical (unpaired) electrons. The van der Waals surface area contributed by atoms with Crippen LogP contribution in [0.15, 0.2) is 12.4 Å². The molecular weight excluding hydrogens is 384 g/mol. The number of nitrogens with one attached hydrogen (secondary N) is 2. The molecule has 142 valence electrons. The fraction of sp³-hybridized carbons (Fsp3) is 0.333. The van der Waals surface area contributed by atoms with E-state index >= 15 is 0 Å². The molecule has 0 aromatic carbocycles. The first kappa shape index (κ1) is 19.7. The summed E-state index contributed by atoms with van der Waals surface area (Å²) in [5.41, 5.74) is -2.75. The van der Waals surface area contributed by atoms with Gasteiger partial charge in [0.05, 0.1) is 11.1 Å². The van der Waals surface area contributed by atoms with Crippen LogP contribution in [-0.2, 0) is 25.6 Å². The van der Waals surface area contributed by atoms with Crippen LogP contribution in [0.4, 0.5) is 17.6 Å². The molecule has 2 aromatic rings.